The van der Waals surface area contributed by atoms with E-state index in [1.807, 2.05) is 34.6 Å². The number of carbonyl (C=O) groups excluding carboxylic acids is 2. The van der Waals surface area contributed by atoms with Crippen molar-refractivity contribution in [3.05, 3.63) is 23.5 Å². The highest BCUT2D eigenvalue weighted by molar-refractivity contribution is 6.06. The largest absolute Gasteiger partial charge is 0.368 e. The van der Waals surface area contributed by atoms with Gasteiger partial charge in [0.05, 0.1) is 17.1 Å². The van der Waals surface area contributed by atoms with Crippen molar-refractivity contribution in [2.24, 2.45) is 11.7 Å². The molecule has 0 aliphatic carbocycles. The van der Waals surface area contributed by atoms with E-state index in [0.29, 0.717) is 22.3 Å². The zero-order chi connectivity index (χ0) is 18.0. The van der Waals surface area contributed by atoms with Crippen molar-refractivity contribution in [1.82, 2.24) is 20.1 Å². The van der Waals surface area contributed by atoms with Crippen LogP contribution in [0.4, 0.5) is 0 Å². The van der Waals surface area contributed by atoms with Crippen LogP contribution >= 0.6 is 0 Å². The number of nitrogens with zero attached hydrogens (tertiary/aromatic N) is 3. The summed E-state index contributed by atoms with van der Waals surface area (Å²) in [5, 5.41) is 7.76. The molecule has 0 aliphatic heterocycles. The number of pyridine rings is 1. The molecule has 2 unspecified atom stereocenters. The Labute approximate surface area is 141 Å². The van der Waals surface area contributed by atoms with Gasteiger partial charge in [-0.05, 0) is 32.8 Å². The summed E-state index contributed by atoms with van der Waals surface area (Å²) >= 11 is 0. The van der Waals surface area contributed by atoms with E-state index in [0.717, 1.165) is 6.42 Å². The predicted molar refractivity (Wildman–Crippen MR) is 92.6 cm³/mol. The summed E-state index contributed by atoms with van der Waals surface area (Å²) in [6.45, 7) is 9.67. The molecule has 7 heteroatoms. The number of primary amides is 1. The Morgan fingerprint density at radius 2 is 2.00 bits per heavy atom. The molecule has 2 heterocycles. The second-order valence-corrected chi connectivity index (χ2v) is 6.47. The van der Waals surface area contributed by atoms with E-state index in [4.69, 9.17) is 5.73 Å². The molecule has 0 radical (unpaired) electrons. The quantitative estimate of drug-likeness (QED) is 0.844. The second-order valence-electron chi connectivity index (χ2n) is 6.47. The SMILES string of the molecule is CCC(C)C(NC(=O)c1cc(C)nc2c1cnn2C(C)C)C(N)=O. The fraction of sp³-hybridized carbons (Fsp3) is 0.529. The number of hydrogen-bond acceptors (Lipinski definition) is 4. The molecule has 7 nitrogen and oxygen atoms in total. The van der Waals surface area contributed by atoms with Gasteiger partial charge in [-0.1, -0.05) is 20.3 Å². The number of rotatable bonds is 6. The highest BCUT2D eigenvalue weighted by Gasteiger charge is 2.25. The molecule has 0 aromatic carbocycles. The van der Waals surface area contributed by atoms with Gasteiger partial charge in [-0.15, -0.1) is 0 Å². The fourth-order valence-corrected chi connectivity index (χ4v) is 2.66. The van der Waals surface area contributed by atoms with Crippen LogP contribution in [0, 0.1) is 12.8 Å². The maximum atomic E-state index is 12.7. The number of aromatic nitrogens is 3. The Morgan fingerprint density at radius 3 is 2.54 bits per heavy atom. The Morgan fingerprint density at radius 1 is 1.33 bits per heavy atom. The van der Waals surface area contributed by atoms with Crippen molar-refractivity contribution in [2.75, 3.05) is 0 Å². The summed E-state index contributed by atoms with van der Waals surface area (Å²) in [7, 11) is 0. The number of amides is 2. The normalized spacial score (nSPS) is 13.9. The Balaban J connectivity index is 2.44. The molecule has 0 bridgehead atoms. The van der Waals surface area contributed by atoms with E-state index >= 15 is 0 Å². The van der Waals surface area contributed by atoms with E-state index in [-0.39, 0.29) is 17.9 Å². The Hall–Kier alpha value is -2.44. The van der Waals surface area contributed by atoms with Crippen molar-refractivity contribution in [1.29, 1.82) is 0 Å². The van der Waals surface area contributed by atoms with Crippen molar-refractivity contribution in [2.45, 2.75) is 53.1 Å². The molecule has 0 aliphatic rings. The first-order valence-corrected chi connectivity index (χ1v) is 8.21. The van der Waals surface area contributed by atoms with Gasteiger partial charge in [0.25, 0.3) is 5.91 Å². The zero-order valence-electron chi connectivity index (χ0n) is 14.8. The van der Waals surface area contributed by atoms with Crippen molar-refractivity contribution in [3.63, 3.8) is 0 Å². The van der Waals surface area contributed by atoms with Crippen LogP contribution in [-0.4, -0.2) is 32.6 Å². The van der Waals surface area contributed by atoms with Crippen LogP contribution in [0.25, 0.3) is 11.0 Å². The standard InChI is InChI=1S/C17H25N5O2/c1-6-10(4)14(15(18)23)21-17(24)12-7-11(5)20-16-13(12)8-19-22(16)9(2)3/h7-10,14H,6H2,1-5H3,(H2,18,23)(H,21,24). The number of nitrogens with one attached hydrogen (secondary N) is 1. The van der Waals surface area contributed by atoms with Gasteiger partial charge in [-0.25, -0.2) is 9.67 Å². The van der Waals surface area contributed by atoms with Crippen LogP contribution < -0.4 is 11.1 Å². The summed E-state index contributed by atoms with van der Waals surface area (Å²) in [4.78, 5) is 28.9. The average molecular weight is 331 g/mol. The van der Waals surface area contributed by atoms with Gasteiger partial charge < -0.3 is 11.1 Å². The van der Waals surface area contributed by atoms with E-state index in [2.05, 4.69) is 15.4 Å². The number of hydrogen-bond donors (Lipinski definition) is 2. The lowest BCUT2D eigenvalue weighted by molar-refractivity contribution is -0.120. The summed E-state index contributed by atoms with van der Waals surface area (Å²) in [5.74, 6) is -0.904. The number of nitrogens with two attached hydrogens (primary N) is 1. The molecule has 2 rings (SSSR count). The molecule has 2 aromatic rings. The molecule has 3 N–H and O–H groups in total. The lowest BCUT2D eigenvalue weighted by Gasteiger charge is -2.21. The van der Waals surface area contributed by atoms with Crippen LogP contribution in [-0.2, 0) is 4.79 Å². The summed E-state index contributed by atoms with van der Waals surface area (Å²) in [6, 6.07) is 1.14. The molecule has 2 aromatic heterocycles. The van der Waals surface area contributed by atoms with Crippen LogP contribution in [0.2, 0.25) is 0 Å². The third-order valence-corrected chi connectivity index (χ3v) is 4.23. The molecular formula is C17H25N5O2. The van der Waals surface area contributed by atoms with Gasteiger partial charge in [0.15, 0.2) is 5.65 Å². The fourth-order valence-electron chi connectivity index (χ4n) is 2.66. The van der Waals surface area contributed by atoms with E-state index < -0.39 is 11.9 Å². The Kier molecular flexibility index (Phi) is 5.21. The van der Waals surface area contributed by atoms with Gasteiger partial charge in [-0.2, -0.15) is 5.10 Å². The summed E-state index contributed by atoms with van der Waals surface area (Å²) in [6.07, 6.45) is 2.38. The molecule has 2 atom stereocenters. The monoisotopic (exact) mass is 331 g/mol. The number of fused-ring (bicyclic) bond motifs is 1. The summed E-state index contributed by atoms with van der Waals surface area (Å²) < 4.78 is 1.78. The second kappa shape index (κ2) is 6.98. The van der Waals surface area contributed by atoms with Gasteiger partial charge in [0.1, 0.15) is 6.04 Å². The molecule has 0 saturated carbocycles. The molecule has 2 amide bonds. The lowest BCUT2D eigenvalue weighted by Crippen LogP contribution is -2.48. The van der Waals surface area contributed by atoms with Crippen molar-refractivity contribution >= 4 is 22.8 Å². The highest BCUT2D eigenvalue weighted by Crippen LogP contribution is 2.21. The van der Waals surface area contributed by atoms with E-state index in [1.54, 1.807) is 16.9 Å². The highest BCUT2D eigenvalue weighted by atomic mass is 16.2. The molecule has 24 heavy (non-hydrogen) atoms. The van der Waals surface area contributed by atoms with Crippen molar-refractivity contribution < 1.29 is 9.59 Å². The van der Waals surface area contributed by atoms with E-state index in [9.17, 15) is 9.59 Å². The topological polar surface area (TPSA) is 103 Å². The van der Waals surface area contributed by atoms with Gasteiger partial charge >= 0.3 is 0 Å². The maximum Gasteiger partial charge on any atom is 0.252 e. The molecular weight excluding hydrogens is 306 g/mol. The molecule has 0 spiro atoms. The summed E-state index contributed by atoms with van der Waals surface area (Å²) in [5.41, 5.74) is 7.28. The lowest BCUT2D eigenvalue weighted by atomic mass is 9.98. The molecule has 130 valence electrons. The Bertz CT molecular complexity index is 766. The maximum absolute atomic E-state index is 12.7. The third kappa shape index (κ3) is 3.39. The first-order chi connectivity index (χ1) is 11.3. The van der Waals surface area contributed by atoms with Gasteiger partial charge in [0.2, 0.25) is 5.91 Å². The minimum atomic E-state index is -0.703. The molecule has 0 saturated heterocycles. The zero-order valence-corrected chi connectivity index (χ0v) is 14.8. The van der Waals surface area contributed by atoms with E-state index in [1.165, 1.54) is 0 Å². The van der Waals surface area contributed by atoms with Crippen LogP contribution in [0.15, 0.2) is 12.3 Å². The first kappa shape index (κ1) is 17.9. The average Bonchev–Trinajstić information content (AvgIpc) is 2.94. The van der Waals surface area contributed by atoms with Crippen LogP contribution in [0.3, 0.4) is 0 Å². The number of aryl methyl sites for hydroxylation is 1. The smallest absolute Gasteiger partial charge is 0.252 e. The third-order valence-electron chi connectivity index (χ3n) is 4.23. The van der Waals surface area contributed by atoms with Gasteiger partial charge in [-0.3, -0.25) is 9.59 Å². The van der Waals surface area contributed by atoms with Crippen LogP contribution in [0.5, 0.6) is 0 Å². The van der Waals surface area contributed by atoms with Crippen LogP contribution in [0.1, 0.15) is 56.2 Å². The predicted octanol–water partition coefficient (Wildman–Crippen LogP) is 1.95. The minimum Gasteiger partial charge on any atom is -0.368 e. The number of carbonyl (C=O) groups is 2. The van der Waals surface area contributed by atoms with Crippen molar-refractivity contribution in [3.8, 4) is 0 Å². The molecule has 0 fully saturated rings. The minimum absolute atomic E-state index is 0.0386. The first-order valence-electron chi connectivity index (χ1n) is 8.21. The van der Waals surface area contributed by atoms with Gasteiger partial charge in [0, 0.05) is 11.7 Å².